The summed E-state index contributed by atoms with van der Waals surface area (Å²) in [5.41, 5.74) is 1.00. The van der Waals surface area contributed by atoms with Crippen LogP contribution in [0, 0.1) is 11.7 Å². The first kappa shape index (κ1) is 15.5. The fraction of sp³-hybridized carbons (Fsp3) is 0.562. The van der Waals surface area contributed by atoms with E-state index in [1.165, 1.54) is 12.1 Å². The molecule has 6 heteroatoms. The van der Waals surface area contributed by atoms with Crippen molar-refractivity contribution in [1.29, 1.82) is 0 Å². The topological polar surface area (TPSA) is 54.5 Å². The first-order valence-electron chi connectivity index (χ1n) is 7.70. The van der Waals surface area contributed by atoms with Crippen molar-refractivity contribution in [3.05, 3.63) is 35.6 Å². The van der Waals surface area contributed by atoms with Gasteiger partial charge in [0.15, 0.2) is 9.84 Å². The van der Waals surface area contributed by atoms with Crippen LogP contribution in [0.5, 0.6) is 0 Å². The van der Waals surface area contributed by atoms with E-state index in [1.54, 1.807) is 12.1 Å². The number of halogens is 1. The third-order valence-electron chi connectivity index (χ3n) is 4.63. The summed E-state index contributed by atoms with van der Waals surface area (Å²) in [4.78, 5) is 14.4. The van der Waals surface area contributed by atoms with Crippen LogP contribution >= 0.6 is 0 Å². The summed E-state index contributed by atoms with van der Waals surface area (Å²) in [5.74, 6) is -0.547. The third kappa shape index (κ3) is 3.32. The van der Waals surface area contributed by atoms with Gasteiger partial charge in [-0.3, -0.25) is 4.79 Å². The zero-order valence-corrected chi connectivity index (χ0v) is 13.2. The lowest BCUT2D eigenvalue weighted by molar-refractivity contribution is -0.135. The molecule has 0 bridgehead atoms. The van der Waals surface area contributed by atoms with Gasteiger partial charge in [0.2, 0.25) is 5.91 Å². The van der Waals surface area contributed by atoms with Crippen LogP contribution in [0.4, 0.5) is 4.39 Å². The Morgan fingerprint density at radius 2 is 1.95 bits per heavy atom. The van der Waals surface area contributed by atoms with Gasteiger partial charge in [-0.2, -0.15) is 0 Å². The van der Waals surface area contributed by atoms with Crippen LogP contribution in [0.25, 0.3) is 0 Å². The Morgan fingerprint density at radius 3 is 2.59 bits per heavy atom. The van der Waals surface area contributed by atoms with Gasteiger partial charge in [0.05, 0.1) is 17.4 Å². The van der Waals surface area contributed by atoms with E-state index in [9.17, 15) is 17.6 Å². The molecule has 2 heterocycles. The van der Waals surface area contributed by atoms with Gasteiger partial charge >= 0.3 is 0 Å². The maximum absolute atomic E-state index is 13.0. The van der Waals surface area contributed by atoms with Gasteiger partial charge in [-0.25, -0.2) is 12.8 Å². The van der Waals surface area contributed by atoms with E-state index in [0.29, 0.717) is 19.4 Å². The zero-order chi connectivity index (χ0) is 15.7. The second-order valence-electron chi connectivity index (χ2n) is 6.26. The molecule has 0 saturated carbocycles. The molecule has 0 radical (unpaired) electrons. The zero-order valence-electron chi connectivity index (χ0n) is 12.4. The molecule has 0 unspecified atom stereocenters. The van der Waals surface area contributed by atoms with Crippen LogP contribution in [-0.4, -0.2) is 43.3 Å². The highest BCUT2D eigenvalue weighted by Crippen LogP contribution is 2.27. The minimum absolute atomic E-state index is 0.00833. The number of sulfone groups is 1. The Bertz CT molecular complexity index is 656. The SMILES string of the molecule is O=C([C@H]1CCS(=O)(=O)C1)N1CCC[C@H]1Cc1ccc(F)cc1. The summed E-state index contributed by atoms with van der Waals surface area (Å²) in [6, 6.07) is 6.45. The number of rotatable bonds is 3. The quantitative estimate of drug-likeness (QED) is 0.851. The lowest BCUT2D eigenvalue weighted by Gasteiger charge is -2.27. The van der Waals surface area contributed by atoms with Gasteiger partial charge < -0.3 is 4.90 Å². The van der Waals surface area contributed by atoms with E-state index >= 15 is 0 Å². The van der Waals surface area contributed by atoms with Crippen molar-refractivity contribution in [2.24, 2.45) is 5.92 Å². The molecule has 0 aromatic heterocycles. The molecule has 0 spiro atoms. The molecule has 4 nitrogen and oxygen atoms in total. The first-order chi connectivity index (χ1) is 10.4. The Morgan fingerprint density at radius 1 is 1.23 bits per heavy atom. The van der Waals surface area contributed by atoms with Crippen molar-refractivity contribution in [2.45, 2.75) is 31.7 Å². The van der Waals surface area contributed by atoms with E-state index in [1.807, 2.05) is 4.90 Å². The summed E-state index contributed by atoms with van der Waals surface area (Å²) in [6.45, 7) is 0.696. The summed E-state index contributed by atoms with van der Waals surface area (Å²) < 4.78 is 36.1. The fourth-order valence-corrected chi connectivity index (χ4v) is 5.19. The predicted molar refractivity (Wildman–Crippen MR) is 81.6 cm³/mol. The molecular weight excluding hydrogens is 305 g/mol. The summed E-state index contributed by atoms with van der Waals surface area (Å²) in [6.07, 6.45) is 3.01. The van der Waals surface area contributed by atoms with E-state index < -0.39 is 9.84 Å². The molecule has 2 aliphatic rings. The van der Waals surface area contributed by atoms with E-state index in [-0.39, 0.29) is 35.2 Å². The van der Waals surface area contributed by atoms with Crippen molar-refractivity contribution in [3.8, 4) is 0 Å². The molecule has 0 aliphatic carbocycles. The summed E-state index contributed by atoms with van der Waals surface area (Å²) >= 11 is 0. The third-order valence-corrected chi connectivity index (χ3v) is 6.39. The number of likely N-dealkylation sites (tertiary alicyclic amines) is 1. The van der Waals surface area contributed by atoms with Crippen LogP contribution < -0.4 is 0 Å². The average molecular weight is 325 g/mol. The highest BCUT2D eigenvalue weighted by molar-refractivity contribution is 7.91. The number of hydrogen-bond acceptors (Lipinski definition) is 3. The van der Waals surface area contributed by atoms with Gasteiger partial charge in [-0.1, -0.05) is 12.1 Å². The molecule has 1 amide bonds. The smallest absolute Gasteiger partial charge is 0.226 e. The Balaban J connectivity index is 1.68. The molecule has 1 aromatic carbocycles. The van der Waals surface area contributed by atoms with Gasteiger partial charge in [0, 0.05) is 12.6 Å². The fourth-order valence-electron chi connectivity index (χ4n) is 3.45. The number of hydrogen-bond donors (Lipinski definition) is 0. The molecular formula is C16H20FNO3S. The minimum Gasteiger partial charge on any atom is -0.339 e. The van der Waals surface area contributed by atoms with Crippen molar-refractivity contribution in [3.63, 3.8) is 0 Å². The monoisotopic (exact) mass is 325 g/mol. The number of carbonyl (C=O) groups is 1. The number of nitrogens with zero attached hydrogens (tertiary/aromatic N) is 1. The van der Waals surface area contributed by atoms with Crippen LogP contribution in [0.15, 0.2) is 24.3 Å². The number of carbonyl (C=O) groups excluding carboxylic acids is 1. The lowest BCUT2D eigenvalue weighted by atomic mass is 10.0. The van der Waals surface area contributed by atoms with E-state index in [2.05, 4.69) is 0 Å². The highest BCUT2D eigenvalue weighted by Gasteiger charge is 2.38. The highest BCUT2D eigenvalue weighted by atomic mass is 32.2. The molecule has 3 rings (SSSR count). The predicted octanol–water partition coefficient (Wildman–Crippen LogP) is 1.79. The van der Waals surface area contributed by atoms with Crippen LogP contribution in [0.1, 0.15) is 24.8 Å². The van der Waals surface area contributed by atoms with Crippen molar-refractivity contribution >= 4 is 15.7 Å². The molecule has 2 atom stereocenters. The largest absolute Gasteiger partial charge is 0.339 e. The van der Waals surface area contributed by atoms with Crippen LogP contribution in [0.2, 0.25) is 0 Å². The second-order valence-corrected chi connectivity index (χ2v) is 8.49. The Labute approximate surface area is 130 Å². The second kappa shape index (κ2) is 5.99. The Hall–Kier alpha value is -1.43. The maximum atomic E-state index is 13.0. The summed E-state index contributed by atoms with van der Waals surface area (Å²) in [7, 11) is -3.04. The normalized spacial score (nSPS) is 27.2. The summed E-state index contributed by atoms with van der Waals surface area (Å²) in [5, 5.41) is 0. The van der Waals surface area contributed by atoms with E-state index in [0.717, 1.165) is 18.4 Å². The number of amides is 1. The van der Waals surface area contributed by atoms with Gasteiger partial charge in [-0.15, -0.1) is 0 Å². The molecule has 22 heavy (non-hydrogen) atoms. The molecule has 2 fully saturated rings. The van der Waals surface area contributed by atoms with Crippen LogP contribution in [-0.2, 0) is 21.1 Å². The van der Waals surface area contributed by atoms with Crippen molar-refractivity contribution in [1.82, 2.24) is 4.90 Å². The Kier molecular flexibility index (Phi) is 4.21. The van der Waals surface area contributed by atoms with Gasteiger partial charge in [0.1, 0.15) is 5.82 Å². The lowest BCUT2D eigenvalue weighted by Crippen LogP contribution is -2.41. The number of benzene rings is 1. The minimum atomic E-state index is -3.04. The van der Waals surface area contributed by atoms with Crippen molar-refractivity contribution in [2.75, 3.05) is 18.1 Å². The molecule has 120 valence electrons. The molecule has 2 saturated heterocycles. The van der Waals surface area contributed by atoms with Gasteiger partial charge in [-0.05, 0) is 43.4 Å². The standard InChI is InChI=1S/C16H20FNO3S/c17-14-5-3-12(4-6-14)10-15-2-1-8-18(15)16(19)13-7-9-22(20,21)11-13/h3-6,13,15H,1-2,7-11H2/t13-,15-/m0/s1. The molecule has 2 aliphatic heterocycles. The van der Waals surface area contributed by atoms with Crippen LogP contribution in [0.3, 0.4) is 0 Å². The van der Waals surface area contributed by atoms with Gasteiger partial charge in [0.25, 0.3) is 0 Å². The van der Waals surface area contributed by atoms with Crippen molar-refractivity contribution < 1.29 is 17.6 Å². The van der Waals surface area contributed by atoms with E-state index in [4.69, 9.17) is 0 Å². The average Bonchev–Trinajstić information content (AvgIpc) is 3.07. The maximum Gasteiger partial charge on any atom is 0.226 e. The first-order valence-corrected chi connectivity index (χ1v) is 9.52. The molecule has 1 aromatic rings. The molecule has 0 N–H and O–H groups in total.